The van der Waals surface area contributed by atoms with E-state index in [0.29, 0.717) is 36.8 Å². The van der Waals surface area contributed by atoms with Gasteiger partial charge in [-0.25, -0.2) is 17.2 Å². The van der Waals surface area contributed by atoms with Crippen LogP contribution in [0.1, 0.15) is 74.5 Å². The highest BCUT2D eigenvalue weighted by Crippen LogP contribution is 2.66. The number of hydrogen-bond acceptors (Lipinski definition) is 4. The van der Waals surface area contributed by atoms with Gasteiger partial charge >= 0.3 is 0 Å². The lowest BCUT2D eigenvalue weighted by Gasteiger charge is -2.53. The first-order valence-electron chi connectivity index (χ1n) is 14.3. The minimum absolute atomic E-state index is 0.0135. The Balaban J connectivity index is 1.45. The number of rotatable bonds is 2. The molecule has 4 nitrogen and oxygen atoms in total. The summed E-state index contributed by atoms with van der Waals surface area (Å²) in [6.07, 6.45) is 7.32. The summed E-state index contributed by atoms with van der Waals surface area (Å²) in [5.41, 5.74) is 2.60. The maximum atomic E-state index is 14.9. The van der Waals surface area contributed by atoms with Crippen LogP contribution >= 0.6 is 0 Å². The van der Waals surface area contributed by atoms with E-state index in [1.807, 2.05) is 0 Å². The van der Waals surface area contributed by atoms with Crippen molar-refractivity contribution in [1.29, 1.82) is 0 Å². The van der Waals surface area contributed by atoms with Crippen LogP contribution in [0.25, 0.3) is 0 Å². The van der Waals surface area contributed by atoms with Crippen molar-refractivity contribution < 1.29 is 27.1 Å². The largest absolute Gasteiger partial charge is 0.377 e. The van der Waals surface area contributed by atoms with Gasteiger partial charge in [0.15, 0.2) is 15.6 Å². The maximum absolute atomic E-state index is 14.9. The van der Waals surface area contributed by atoms with Crippen LogP contribution in [-0.4, -0.2) is 31.2 Å². The number of hydrogen-bond donors (Lipinski definition) is 1. The lowest BCUT2D eigenvalue weighted by Crippen LogP contribution is -2.51. The first-order chi connectivity index (χ1) is 19.3. The number of halogens is 2. The molecule has 0 saturated heterocycles. The molecule has 0 aromatic heterocycles. The normalized spacial score (nSPS) is 31.0. The van der Waals surface area contributed by atoms with E-state index >= 15 is 0 Å². The van der Waals surface area contributed by atoms with Gasteiger partial charge in [0.1, 0.15) is 17.2 Å². The summed E-state index contributed by atoms with van der Waals surface area (Å²) < 4.78 is 53.5. The highest BCUT2D eigenvalue weighted by molar-refractivity contribution is 7.90. The lowest BCUT2D eigenvalue weighted by atomic mass is 9.51. The fourth-order valence-corrected chi connectivity index (χ4v) is 8.63. The fraction of sp³-hybridized carbons (Fsp3) is 0.441. The first-order valence-corrected chi connectivity index (χ1v) is 16.2. The van der Waals surface area contributed by atoms with E-state index in [2.05, 4.69) is 18.8 Å². The molecule has 6 rings (SSSR count). The van der Waals surface area contributed by atoms with E-state index in [-0.39, 0.29) is 34.0 Å². The maximum Gasteiger partial charge on any atom is 0.175 e. The Bertz CT molecular complexity index is 1670. The van der Waals surface area contributed by atoms with Crippen molar-refractivity contribution in [1.82, 2.24) is 0 Å². The number of allylic oxidation sites excluding steroid dienone is 4. The second-order valence-corrected chi connectivity index (χ2v) is 14.6. The number of sulfone groups is 1. The molecule has 0 aliphatic heterocycles. The third-order valence-corrected chi connectivity index (χ3v) is 11.4. The minimum Gasteiger partial charge on any atom is -0.377 e. The Morgan fingerprint density at radius 3 is 2.37 bits per heavy atom. The van der Waals surface area contributed by atoms with Crippen molar-refractivity contribution in [2.45, 2.75) is 75.2 Å². The molecule has 2 fully saturated rings. The van der Waals surface area contributed by atoms with Crippen LogP contribution in [0.5, 0.6) is 0 Å². The molecule has 2 aromatic carbocycles. The Hall–Kier alpha value is -3.08. The van der Waals surface area contributed by atoms with Crippen molar-refractivity contribution in [2.75, 3.05) is 6.26 Å². The highest BCUT2D eigenvalue weighted by atomic mass is 32.2. The molecule has 4 aliphatic carbocycles. The Morgan fingerprint density at radius 1 is 1.02 bits per heavy atom. The molecule has 2 aromatic rings. The Labute approximate surface area is 240 Å². The molecule has 1 N–H and O–H groups in total. The van der Waals surface area contributed by atoms with Gasteiger partial charge in [0, 0.05) is 35.1 Å². The van der Waals surface area contributed by atoms with Gasteiger partial charge < -0.3 is 5.11 Å². The molecule has 0 amide bonds. The lowest BCUT2D eigenvalue weighted by molar-refractivity contribution is -0.114. The van der Waals surface area contributed by atoms with Crippen LogP contribution < -0.4 is 0 Å². The molecule has 7 heteroatoms. The third kappa shape index (κ3) is 4.60. The van der Waals surface area contributed by atoms with E-state index < -0.39 is 32.5 Å². The molecule has 0 bridgehead atoms. The van der Waals surface area contributed by atoms with E-state index in [4.69, 9.17) is 0 Å². The monoisotopic (exact) mass is 576 g/mol. The van der Waals surface area contributed by atoms with Crippen LogP contribution in [-0.2, 0) is 14.6 Å². The molecule has 0 heterocycles. The summed E-state index contributed by atoms with van der Waals surface area (Å²) in [7, 11) is -3.33. The van der Waals surface area contributed by atoms with Gasteiger partial charge in [-0.2, -0.15) is 0 Å². The predicted molar refractivity (Wildman–Crippen MR) is 153 cm³/mol. The van der Waals surface area contributed by atoms with Gasteiger partial charge in [-0.15, -0.1) is 0 Å². The quantitative estimate of drug-likeness (QED) is 0.423. The molecule has 0 spiro atoms. The van der Waals surface area contributed by atoms with Gasteiger partial charge in [-0.3, -0.25) is 4.79 Å². The third-order valence-electron chi connectivity index (χ3n) is 10.3. The SMILES string of the molecule is Cc1c(F)cc([C@H]2C[C@@]3(C)[C@@H](CC[C@@]3(O)C#Cc3ccc(S(C)(=O)=O)cc3)[C@@H]3CCC4=CC(=O)CCC4=C32)cc1F. The number of ketones is 1. The average Bonchev–Trinajstić information content (AvgIpc) is 3.19. The van der Waals surface area contributed by atoms with Crippen molar-refractivity contribution in [3.8, 4) is 11.8 Å². The van der Waals surface area contributed by atoms with Crippen LogP contribution in [0.3, 0.4) is 0 Å². The van der Waals surface area contributed by atoms with E-state index in [0.717, 1.165) is 31.1 Å². The van der Waals surface area contributed by atoms with E-state index in [9.17, 15) is 27.1 Å². The molecule has 5 atom stereocenters. The van der Waals surface area contributed by atoms with Gasteiger partial charge in [-0.05, 0) is 116 Å². The number of fused-ring (bicyclic) bond motifs is 4. The van der Waals surface area contributed by atoms with Gasteiger partial charge in [0.25, 0.3) is 0 Å². The van der Waals surface area contributed by atoms with Crippen LogP contribution in [0.4, 0.5) is 8.78 Å². The molecule has 4 aliphatic rings. The summed E-state index contributed by atoms with van der Waals surface area (Å²) in [6, 6.07) is 9.19. The number of carbonyl (C=O) groups is 1. The smallest absolute Gasteiger partial charge is 0.175 e. The fourth-order valence-electron chi connectivity index (χ4n) is 8.00. The summed E-state index contributed by atoms with van der Waals surface area (Å²) in [4.78, 5) is 12.5. The van der Waals surface area contributed by atoms with Gasteiger partial charge in [-0.1, -0.05) is 24.3 Å². The van der Waals surface area contributed by atoms with E-state index in [1.54, 1.807) is 18.2 Å². The molecule has 0 unspecified atom stereocenters. The number of aliphatic hydroxyl groups is 1. The molecular formula is C34H34F2O4S. The van der Waals surface area contributed by atoms with Crippen LogP contribution in [0.2, 0.25) is 0 Å². The van der Waals surface area contributed by atoms with Gasteiger partial charge in [0.2, 0.25) is 0 Å². The van der Waals surface area contributed by atoms with Crippen molar-refractivity contribution >= 4 is 15.6 Å². The highest BCUT2D eigenvalue weighted by Gasteiger charge is 2.62. The number of benzene rings is 2. The zero-order chi connectivity index (χ0) is 29.3. The summed E-state index contributed by atoms with van der Waals surface area (Å²) in [5, 5.41) is 12.2. The summed E-state index contributed by atoms with van der Waals surface area (Å²) in [6.45, 7) is 3.50. The standard InChI is InChI=1S/C34H34F2O4S/c1-20-30(35)17-23(18-31(20)36)28-19-33(2)29(27-10-6-22-16-24(37)7-11-26(22)32(27)28)13-15-34(33,38)14-12-21-4-8-25(9-5-21)41(3,39)40/h4-5,8-9,16-18,27-29,38H,6-7,10-11,13,15,19H2,1-3H3/t27-,28+,29-,33-,34-/m0/s1. The first kappa shape index (κ1) is 28.1. The van der Waals surface area contributed by atoms with Crippen molar-refractivity contribution in [3.63, 3.8) is 0 Å². The van der Waals surface area contributed by atoms with Crippen LogP contribution in [0, 0.1) is 47.6 Å². The Morgan fingerprint density at radius 2 is 1.71 bits per heavy atom. The molecule has 41 heavy (non-hydrogen) atoms. The molecule has 214 valence electrons. The Kier molecular flexibility index (Phi) is 6.67. The van der Waals surface area contributed by atoms with Crippen molar-refractivity contribution in [3.05, 3.63) is 87.5 Å². The topological polar surface area (TPSA) is 71.4 Å². The summed E-state index contributed by atoms with van der Waals surface area (Å²) in [5.74, 6) is 5.17. The second-order valence-electron chi connectivity index (χ2n) is 12.6. The second kappa shape index (κ2) is 9.74. The minimum atomic E-state index is -3.33. The van der Waals surface area contributed by atoms with Crippen molar-refractivity contribution in [2.24, 2.45) is 17.3 Å². The number of carbonyl (C=O) groups excluding carboxylic acids is 1. The summed E-state index contributed by atoms with van der Waals surface area (Å²) >= 11 is 0. The zero-order valence-electron chi connectivity index (χ0n) is 23.6. The molecule has 0 radical (unpaired) electrons. The zero-order valence-corrected chi connectivity index (χ0v) is 24.4. The van der Waals surface area contributed by atoms with Crippen LogP contribution in [0.15, 0.2) is 64.1 Å². The predicted octanol–water partition coefficient (Wildman–Crippen LogP) is 6.36. The molecular weight excluding hydrogens is 542 g/mol. The average molecular weight is 577 g/mol. The van der Waals surface area contributed by atoms with E-state index in [1.165, 1.54) is 42.3 Å². The van der Waals surface area contributed by atoms with Gasteiger partial charge in [0.05, 0.1) is 4.90 Å². The molecule has 2 saturated carbocycles.